The van der Waals surface area contributed by atoms with Crippen LogP contribution in [0.1, 0.15) is 39.0 Å². The fraction of sp³-hybridized carbons (Fsp3) is 0.160. The maximum Gasteiger partial charge on any atom is 0.252 e. The summed E-state index contributed by atoms with van der Waals surface area (Å²) >= 11 is 0. The number of carbonyl (C=O) groups is 2. The third kappa shape index (κ3) is 4.78. The van der Waals surface area contributed by atoms with Crippen LogP contribution in [-0.4, -0.2) is 28.2 Å². The van der Waals surface area contributed by atoms with Gasteiger partial charge in [-0.1, -0.05) is 12.1 Å². The van der Waals surface area contributed by atoms with Gasteiger partial charge in [0.15, 0.2) is 5.78 Å². The van der Waals surface area contributed by atoms with E-state index in [1.54, 1.807) is 61.1 Å². The number of hydrogen-bond acceptors (Lipinski definition) is 5. The summed E-state index contributed by atoms with van der Waals surface area (Å²) in [6.45, 7) is 4.34. The van der Waals surface area contributed by atoms with Gasteiger partial charge in [0.1, 0.15) is 17.3 Å². The van der Waals surface area contributed by atoms with E-state index < -0.39 is 0 Å². The molecule has 0 spiro atoms. The van der Waals surface area contributed by atoms with Gasteiger partial charge in [0.25, 0.3) is 5.91 Å². The third-order valence-corrected chi connectivity index (χ3v) is 4.97. The number of nitrogens with zero attached hydrogens (tertiary/aromatic N) is 1. The number of nitrogens with one attached hydrogen (secondary N) is 2. The molecule has 1 amide bonds. The Kier molecular flexibility index (Phi) is 6.17. The SMILES string of the molecule is CCNC(=O)c1c[nH]c(-c2cc(Oc3cccc(C(=O)Cc4occc4C)c3)ccn2)c1. The van der Waals surface area contributed by atoms with E-state index in [4.69, 9.17) is 9.15 Å². The van der Waals surface area contributed by atoms with Gasteiger partial charge in [-0.05, 0) is 49.7 Å². The number of amides is 1. The van der Waals surface area contributed by atoms with Crippen LogP contribution in [0.3, 0.4) is 0 Å². The summed E-state index contributed by atoms with van der Waals surface area (Å²) in [7, 11) is 0. The number of H-pyrrole nitrogens is 1. The number of ether oxygens (including phenoxy) is 1. The number of Topliss-reactive ketones (excluding diaryl/α,β-unsaturated/α-hetero) is 1. The summed E-state index contributed by atoms with van der Waals surface area (Å²) in [6.07, 6.45) is 5.06. The lowest BCUT2D eigenvalue weighted by Gasteiger charge is -2.08. The molecule has 4 rings (SSSR count). The third-order valence-electron chi connectivity index (χ3n) is 4.97. The highest BCUT2D eigenvalue weighted by Crippen LogP contribution is 2.26. The lowest BCUT2D eigenvalue weighted by Crippen LogP contribution is -2.21. The van der Waals surface area contributed by atoms with Gasteiger partial charge >= 0.3 is 0 Å². The second-order valence-electron chi connectivity index (χ2n) is 7.29. The minimum Gasteiger partial charge on any atom is -0.469 e. The number of hydrogen-bond donors (Lipinski definition) is 2. The summed E-state index contributed by atoms with van der Waals surface area (Å²) in [6, 6.07) is 14.1. The first-order chi connectivity index (χ1) is 15.5. The van der Waals surface area contributed by atoms with Gasteiger partial charge in [-0.15, -0.1) is 0 Å². The molecule has 32 heavy (non-hydrogen) atoms. The first-order valence-corrected chi connectivity index (χ1v) is 10.3. The summed E-state index contributed by atoms with van der Waals surface area (Å²) in [5.74, 6) is 1.58. The van der Waals surface area contributed by atoms with E-state index in [0.29, 0.717) is 46.3 Å². The summed E-state index contributed by atoms with van der Waals surface area (Å²) in [5, 5.41) is 2.76. The number of aromatic amines is 1. The number of ketones is 1. The second kappa shape index (κ2) is 9.34. The summed E-state index contributed by atoms with van der Waals surface area (Å²) in [5.41, 5.74) is 3.37. The zero-order chi connectivity index (χ0) is 22.5. The van der Waals surface area contributed by atoms with Crippen molar-refractivity contribution in [1.82, 2.24) is 15.3 Å². The van der Waals surface area contributed by atoms with Crippen molar-refractivity contribution in [2.45, 2.75) is 20.3 Å². The van der Waals surface area contributed by atoms with Crippen LogP contribution in [0.25, 0.3) is 11.4 Å². The minimum absolute atomic E-state index is 0.0480. The van der Waals surface area contributed by atoms with Crippen molar-refractivity contribution in [2.24, 2.45) is 0 Å². The molecule has 0 bridgehead atoms. The lowest BCUT2D eigenvalue weighted by molar-refractivity contribution is 0.0954. The Morgan fingerprint density at radius 1 is 1.09 bits per heavy atom. The fourth-order valence-corrected chi connectivity index (χ4v) is 3.26. The molecule has 0 saturated heterocycles. The Balaban J connectivity index is 1.49. The van der Waals surface area contributed by atoms with Crippen LogP contribution in [0.2, 0.25) is 0 Å². The first-order valence-electron chi connectivity index (χ1n) is 10.3. The molecule has 0 aliphatic heterocycles. The Bertz CT molecular complexity index is 1260. The van der Waals surface area contributed by atoms with Crippen LogP contribution in [0.5, 0.6) is 11.5 Å². The molecular formula is C25H23N3O4. The molecule has 0 atom stereocenters. The van der Waals surface area contributed by atoms with E-state index in [9.17, 15) is 9.59 Å². The molecule has 4 aromatic rings. The van der Waals surface area contributed by atoms with Gasteiger partial charge in [0.05, 0.1) is 29.6 Å². The molecule has 0 aliphatic carbocycles. The summed E-state index contributed by atoms with van der Waals surface area (Å²) < 4.78 is 11.4. The monoisotopic (exact) mass is 429 g/mol. The highest BCUT2D eigenvalue weighted by Gasteiger charge is 2.13. The van der Waals surface area contributed by atoms with Crippen LogP contribution in [-0.2, 0) is 6.42 Å². The van der Waals surface area contributed by atoms with Gasteiger partial charge in [-0.2, -0.15) is 0 Å². The molecule has 1 aromatic carbocycles. The topological polar surface area (TPSA) is 97.2 Å². The fourth-order valence-electron chi connectivity index (χ4n) is 3.26. The van der Waals surface area contributed by atoms with Crippen LogP contribution in [0, 0.1) is 6.92 Å². The number of carbonyl (C=O) groups excluding carboxylic acids is 2. The maximum atomic E-state index is 12.6. The molecule has 3 aromatic heterocycles. The molecule has 3 heterocycles. The summed E-state index contributed by atoms with van der Waals surface area (Å²) in [4.78, 5) is 32.1. The standard InChI is InChI=1S/C25H23N3O4/c1-3-26-25(30)18-12-21(28-15-18)22-13-20(7-9-27-22)32-19-6-4-5-17(11-19)23(29)14-24-16(2)8-10-31-24/h4-13,15,28H,3,14H2,1-2H3,(H,26,30). The molecule has 0 radical (unpaired) electrons. The lowest BCUT2D eigenvalue weighted by atomic mass is 10.1. The van der Waals surface area contributed by atoms with Gasteiger partial charge in [0.2, 0.25) is 0 Å². The molecule has 0 fully saturated rings. The van der Waals surface area contributed by atoms with E-state index in [1.807, 2.05) is 19.9 Å². The first kappa shape index (κ1) is 21.1. The van der Waals surface area contributed by atoms with E-state index in [0.717, 1.165) is 5.56 Å². The molecule has 7 heteroatoms. The Morgan fingerprint density at radius 3 is 2.72 bits per heavy atom. The minimum atomic E-state index is -0.145. The Morgan fingerprint density at radius 2 is 1.94 bits per heavy atom. The predicted molar refractivity (Wildman–Crippen MR) is 120 cm³/mol. The average molecular weight is 429 g/mol. The van der Waals surface area contributed by atoms with Crippen molar-refractivity contribution in [3.05, 3.63) is 89.6 Å². The largest absolute Gasteiger partial charge is 0.469 e. The molecule has 0 aliphatic rings. The number of furan rings is 1. The predicted octanol–water partition coefficient (Wildman–Crippen LogP) is 4.95. The van der Waals surface area contributed by atoms with Crippen LogP contribution < -0.4 is 10.1 Å². The van der Waals surface area contributed by atoms with Crippen molar-refractivity contribution in [2.75, 3.05) is 6.54 Å². The molecule has 0 saturated carbocycles. The normalized spacial score (nSPS) is 10.7. The van der Waals surface area contributed by atoms with E-state index in [-0.39, 0.29) is 18.1 Å². The molecule has 0 unspecified atom stereocenters. The zero-order valence-electron chi connectivity index (χ0n) is 17.8. The average Bonchev–Trinajstić information content (AvgIpc) is 3.44. The number of aryl methyl sites for hydroxylation is 1. The maximum absolute atomic E-state index is 12.6. The van der Waals surface area contributed by atoms with Gasteiger partial charge in [-0.3, -0.25) is 14.6 Å². The molecular weight excluding hydrogens is 406 g/mol. The van der Waals surface area contributed by atoms with Crippen molar-refractivity contribution in [3.8, 4) is 22.9 Å². The number of benzene rings is 1. The van der Waals surface area contributed by atoms with Crippen molar-refractivity contribution in [1.29, 1.82) is 0 Å². The van der Waals surface area contributed by atoms with Crippen LogP contribution in [0.4, 0.5) is 0 Å². The highest BCUT2D eigenvalue weighted by atomic mass is 16.5. The smallest absolute Gasteiger partial charge is 0.252 e. The highest BCUT2D eigenvalue weighted by molar-refractivity contribution is 5.97. The van der Waals surface area contributed by atoms with Crippen molar-refractivity contribution < 1.29 is 18.7 Å². The molecule has 162 valence electrons. The second-order valence-corrected chi connectivity index (χ2v) is 7.29. The number of rotatable bonds is 8. The van der Waals surface area contributed by atoms with Crippen molar-refractivity contribution >= 4 is 11.7 Å². The van der Waals surface area contributed by atoms with Crippen LogP contribution >= 0.6 is 0 Å². The zero-order valence-corrected chi connectivity index (χ0v) is 17.8. The van der Waals surface area contributed by atoms with E-state index in [2.05, 4.69) is 15.3 Å². The number of pyridine rings is 1. The van der Waals surface area contributed by atoms with Crippen molar-refractivity contribution in [3.63, 3.8) is 0 Å². The van der Waals surface area contributed by atoms with Crippen LogP contribution in [0.15, 0.2) is 71.6 Å². The molecule has 2 N–H and O–H groups in total. The Labute approximate surface area is 185 Å². The van der Waals surface area contributed by atoms with Gasteiger partial charge in [-0.25, -0.2) is 0 Å². The Hall–Kier alpha value is -4.13. The van der Waals surface area contributed by atoms with Gasteiger partial charge < -0.3 is 19.5 Å². The molecule has 7 nitrogen and oxygen atoms in total. The van der Waals surface area contributed by atoms with E-state index >= 15 is 0 Å². The number of aromatic nitrogens is 2. The van der Waals surface area contributed by atoms with E-state index in [1.165, 1.54) is 0 Å². The van der Waals surface area contributed by atoms with Gasteiger partial charge in [0, 0.05) is 30.6 Å². The quantitative estimate of drug-likeness (QED) is 0.387.